The molecule has 0 bridgehead atoms. The molecular formula is C20H21ClN4O2. The Morgan fingerprint density at radius 2 is 1.70 bits per heavy atom. The highest BCUT2D eigenvalue weighted by Gasteiger charge is 2.19. The molecule has 1 saturated heterocycles. The van der Waals surface area contributed by atoms with E-state index >= 15 is 0 Å². The van der Waals surface area contributed by atoms with E-state index in [-0.39, 0.29) is 6.61 Å². The maximum absolute atomic E-state index is 6.09. The first-order valence-corrected chi connectivity index (χ1v) is 9.36. The first-order valence-electron chi connectivity index (χ1n) is 8.98. The van der Waals surface area contributed by atoms with Crippen LogP contribution in [0, 0.1) is 0 Å². The van der Waals surface area contributed by atoms with Gasteiger partial charge < -0.3 is 14.1 Å². The predicted molar refractivity (Wildman–Crippen MR) is 104 cm³/mol. The Balaban J connectivity index is 1.26. The minimum absolute atomic E-state index is 0.277. The molecule has 1 fully saturated rings. The molecule has 7 heteroatoms. The Hall–Kier alpha value is -2.57. The fraction of sp³-hybridized carbons (Fsp3) is 0.300. The second-order valence-corrected chi connectivity index (χ2v) is 6.87. The molecule has 0 saturated carbocycles. The van der Waals surface area contributed by atoms with Crippen LogP contribution in [-0.2, 0) is 13.2 Å². The zero-order valence-corrected chi connectivity index (χ0v) is 15.7. The summed E-state index contributed by atoms with van der Waals surface area (Å²) in [6, 6.07) is 17.6. The summed E-state index contributed by atoms with van der Waals surface area (Å²) >= 11 is 6.09. The normalized spacial score (nSPS) is 15.1. The van der Waals surface area contributed by atoms with Crippen LogP contribution >= 0.6 is 11.6 Å². The zero-order valence-electron chi connectivity index (χ0n) is 14.9. The van der Waals surface area contributed by atoms with Crippen molar-refractivity contribution in [1.29, 1.82) is 0 Å². The number of piperazine rings is 1. The molecule has 27 heavy (non-hydrogen) atoms. The number of hydrogen-bond donors (Lipinski definition) is 0. The van der Waals surface area contributed by atoms with Gasteiger partial charge in [-0.05, 0) is 30.3 Å². The quantitative estimate of drug-likeness (QED) is 0.647. The summed E-state index contributed by atoms with van der Waals surface area (Å²) in [5.41, 5.74) is 1.17. The van der Waals surface area contributed by atoms with Crippen LogP contribution in [0.5, 0.6) is 5.75 Å². The third kappa shape index (κ3) is 4.78. The fourth-order valence-electron chi connectivity index (χ4n) is 3.10. The third-order valence-electron chi connectivity index (χ3n) is 4.52. The van der Waals surface area contributed by atoms with Gasteiger partial charge in [0, 0.05) is 36.9 Å². The molecule has 0 amide bonds. The molecule has 2 aromatic carbocycles. The number of anilines is 1. The van der Waals surface area contributed by atoms with E-state index in [1.165, 1.54) is 5.69 Å². The van der Waals surface area contributed by atoms with Gasteiger partial charge in [0.15, 0.2) is 6.61 Å². The van der Waals surface area contributed by atoms with E-state index in [9.17, 15) is 0 Å². The van der Waals surface area contributed by atoms with Crippen LogP contribution in [0.2, 0.25) is 5.02 Å². The molecule has 0 radical (unpaired) electrons. The number of halogens is 1. The number of hydrogen-bond acceptors (Lipinski definition) is 6. The topological polar surface area (TPSA) is 54.6 Å². The maximum atomic E-state index is 6.09. The van der Waals surface area contributed by atoms with Gasteiger partial charge in [-0.3, -0.25) is 4.90 Å². The minimum Gasteiger partial charge on any atom is -0.484 e. The fourth-order valence-corrected chi connectivity index (χ4v) is 3.29. The van der Waals surface area contributed by atoms with Crippen LogP contribution in [0.4, 0.5) is 5.69 Å². The molecule has 2 heterocycles. The van der Waals surface area contributed by atoms with Crippen molar-refractivity contribution in [1.82, 2.24) is 15.1 Å². The highest BCUT2D eigenvalue weighted by molar-refractivity contribution is 6.30. The van der Waals surface area contributed by atoms with Crippen molar-refractivity contribution in [2.45, 2.75) is 13.2 Å². The molecule has 0 spiro atoms. The lowest BCUT2D eigenvalue weighted by Gasteiger charge is -2.35. The lowest BCUT2D eigenvalue weighted by molar-refractivity contribution is 0.214. The van der Waals surface area contributed by atoms with E-state index in [1.807, 2.05) is 48.5 Å². The van der Waals surface area contributed by atoms with Gasteiger partial charge in [0.2, 0.25) is 5.89 Å². The van der Waals surface area contributed by atoms with E-state index in [0.717, 1.165) is 37.0 Å². The lowest BCUT2D eigenvalue weighted by Crippen LogP contribution is -2.46. The molecular weight excluding hydrogens is 364 g/mol. The van der Waals surface area contributed by atoms with Crippen molar-refractivity contribution in [3.05, 3.63) is 71.4 Å². The second-order valence-electron chi connectivity index (χ2n) is 6.43. The zero-order chi connectivity index (χ0) is 18.5. The van der Waals surface area contributed by atoms with E-state index < -0.39 is 0 Å². The van der Waals surface area contributed by atoms with Crippen molar-refractivity contribution in [3.63, 3.8) is 0 Å². The van der Waals surface area contributed by atoms with Crippen LogP contribution in [0.15, 0.2) is 59.0 Å². The van der Waals surface area contributed by atoms with Gasteiger partial charge in [-0.15, -0.1) is 10.2 Å². The summed E-state index contributed by atoms with van der Waals surface area (Å²) in [4.78, 5) is 4.66. The number of aromatic nitrogens is 2. The van der Waals surface area contributed by atoms with E-state index in [1.54, 1.807) is 0 Å². The van der Waals surface area contributed by atoms with Gasteiger partial charge in [0.05, 0.1) is 6.54 Å². The van der Waals surface area contributed by atoms with Crippen molar-refractivity contribution in [2.75, 3.05) is 31.1 Å². The van der Waals surface area contributed by atoms with Crippen LogP contribution in [0.1, 0.15) is 11.8 Å². The van der Waals surface area contributed by atoms with Gasteiger partial charge in [0.1, 0.15) is 5.75 Å². The molecule has 1 aliphatic heterocycles. The van der Waals surface area contributed by atoms with Crippen LogP contribution in [-0.4, -0.2) is 41.3 Å². The average molecular weight is 385 g/mol. The highest BCUT2D eigenvalue weighted by Crippen LogP contribution is 2.21. The number of ether oxygens (including phenoxy) is 1. The van der Waals surface area contributed by atoms with E-state index in [0.29, 0.717) is 18.3 Å². The average Bonchev–Trinajstić information content (AvgIpc) is 3.15. The van der Waals surface area contributed by atoms with Gasteiger partial charge in [-0.1, -0.05) is 35.9 Å². The Morgan fingerprint density at radius 1 is 0.926 bits per heavy atom. The SMILES string of the molecule is Clc1cccc(N2CCN(Cc3nnc(COc4ccccc4)o3)CC2)c1. The van der Waals surface area contributed by atoms with Gasteiger partial charge in [-0.25, -0.2) is 0 Å². The van der Waals surface area contributed by atoms with E-state index in [4.69, 9.17) is 20.8 Å². The standard InChI is InChI=1S/C20H21ClN4O2/c21-16-5-4-6-17(13-16)25-11-9-24(10-12-25)14-19-22-23-20(27-19)15-26-18-7-2-1-3-8-18/h1-8,13H,9-12,14-15H2. The molecule has 140 valence electrons. The summed E-state index contributed by atoms with van der Waals surface area (Å²) in [6.07, 6.45) is 0. The predicted octanol–water partition coefficient (Wildman–Crippen LogP) is 3.62. The number of para-hydroxylation sites is 1. The summed E-state index contributed by atoms with van der Waals surface area (Å²) in [5, 5.41) is 8.99. The van der Waals surface area contributed by atoms with Gasteiger partial charge in [-0.2, -0.15) is 0 Å². The monoisotopic (exact) mass is 384 g/mol. The van der Waals surface area contributed by atoms with Crippen LogP contribution < -0.4 is 9.64 Å². The lowest BCUT2D eigenvalue weighted by atomic mass is 10.2. The molecule has 0 unspecified atom stereocenters. The number of nitrogens with zero attached hydrogens (tertiary/aromatic N) is 4. The first-order chi connectivity index (χ1) is 13.3. The molecule has 0 aliphatic carbocycles. The Morgan fingerprint density at radius 3 is 2.48 bits per heavy atom. The summed E-state index contributed by atoms with van der Waals surface area (Å²) < 4.78 is 11.4. The molecule has 0 N–H and O–H groups in total. The van der Waals surface area contributed by atoms with Crippen LogP contribution in [0.25, 0.3) is 0 Å². The van der Waals surface area contributed by atoms with Crippen molar-refractivity contribution < 1.29 is 9.15 Å². The summed E-state index contributed by atoms with van der Waals surface area (Å²) in [5.74, 6) is 1.90. The number of benzene rings is 2. The smallest absolute Gasteiger partial charge is 0.253 e. The summed E-state index contributed by atoms with van der Waals surface area (Å²) in [7, 11) is 0. The molecule has 6 nitrogen and oxygen atoms in total. The van der Waals surface area contributed by atoms with Gasteiger partial charge in [0.25, 0.3) is 5.89 Å². The molecule has 1 aromatic heterocycles. The van der Waals surface area contributed by atoms with E-state index in [2.05, 4.69) is 26.1 Å². The Labute approximate surface area is 163 Å². The molecule has 4 rings (SSSR count). The van der Waals surface area contributed by atoms with Crippen molar-refractivity contribution in [2.24, 2.45) is 0 Å². The Bertz CT molecular complexity index is 863. The number of rotatable bonds is 6. The van der Waals surface area contributed by atoms with Crippen molar-refractivity contribution >= 4 is 17.3 Å². The second kappa shape index (κ2) is 8.41. The maximum Gasteiger partial charge on any atom is 0.253 e. The molecule has 0 atom stereocenters. The highest BCUT2D eigenvalue weighted by atomic mass is 35.5. The van der Waals surface area contributed by atoms with Crippen molar-refractivity contribution in [3.8, 4) is 5.75 Å². The third-order valence-corrected chi connectivity index (χ3v) is 4.75. The molecule has 1 aliphatic rings. The Kier molecular flexibility index (Phi) is 5.55. The van der Waals surface area contributed by atoms with Gasteiger partial charge >= 0.3 is 0 Å². The minimum atomic E-state index is 0.277. The van der Waals surface area contributed by atoms with Crippen LogP contribution in [0.3, 0.4) is 0 Å². The first kappa shape index (κ1) is 17.8. The summed E-state index contributed by atoms with van der Waals surface area (Å²) in [6.45, 7) is 4.69. The largest absolute Gasteiger partial charge is 0.484 e. The molecule has 3 aromatic rings.